The van der Waals surface area contributed by atoms with Crippen LogP contribution in [0, 0.1) is 0 Å². The van der Waals surface area contributed by atoms with Crippen LogP contribution in [0.2, 0.25) is 0 Å². The summed E-state index contributed by atoms with van der Waals surface area (Å²) >= 11 is 0. The maximum absolute atomic E-state index is 11.8. The van der Waals surface area contributed by atoms with Crippen molar-refractivity contribution in [2.45, 2.75) is 26.7 Å². The second kappa shape index (κ2) is 6.27. The zero-order valence-electron chi connectivity index (χ0n) is 11.7. The van der Waals surface area contributed by atoms with Gasteiger partial charge in [0.25, 0.3) is 0 Å². The van der Waals surface area contributed by atoms with Crippen molar-refractivity contribution in [1.29, 1.82) is 0 Å². The smallest absolute Gasteiger partial charge is 0.246 e. The fourth-order valence-electron chi connectivity index (χ4n) is 2.03. The van der Waals surface area contributed by atoms with Crippen LogP contribution in [-0.4, -0.2) is 39.8 Å². The Morgan fingerprint density at radius 3 is 2.85 bits per heavy atom. The zero-order valence-corrected chi connectivity index (χ0v) is 11.7. The highest BCUT2D eigenvalue weighted by Gasteiger charge is 2.17. The Morgan fingerprint density at radius 1 is 1.40 bits per heavy atom. The van der Waals surface area contributed by atoms with E-state index < -0.39 is 0 Å². The van der Waals surface area contributed by atoms with Crippen LogP contribution in [0.1, 0.15) is 31.7 Å². The molecule has 0 spiro atoms. The minimum atomic E-state index is -0.0391. The third-order valence-electron chi connectivity index (χ3n) is 3.18. The number of nitrogens with zero attached hydrogens (tertiary/aromatic N) is 3. The highest BCUT2D eigenvalue weighted by atomic mass is 16.2. The number of rotatable bonds is 4. The number of fused-ring (bicyclic) bond motifs is 1. The lowest BCUT2D eigenvalue weighted by Gasteiger charge is -2.16. The summed E-state index contributed by atoms with van der Waals surface area (Å²) in [6, 6.07) is 0. The van der Waals surface area contributed by atoms with Crippen LogP contribution >= 0.6 is 0 Å². The summed E-state index contributed by atoms with van der Waals surface area (Å²) in [5.74, 6) is 0.447. The molecule has 0 bridgehead atoms. The number of likely N-dealkylation sites (N-methyl/N-ethyl adjacent to an activating group) is 1. The molecule has 2 heterocycles. The van der Waals surface area contributed by atoms with E-state index in [4.69, 9.17) is 0 Å². The molecule has 0 aromatic carbocycles. The molecule has 6 nitrogen and oxygen atoms in total. The first-order valence-corrected chi connectivity index (χ1v) is 6.76. The van der Waals surface area contributed by atoms with E-state index in [1.54, 1.807) is 17.2 Å². The average Bonchev–Trinajstić information content (AvgIpc) is 2.46. The number of carbonyl (C=O) groups is 2. The van der Waals surface area contributed by atoms with Gasteiger partial charge in [-0.2, -0.15) is 0 Å². The number of amides is 2. The molecule has 1 aromatic rings. The van der Waals surface area contributed by atoms with Gasteiger partial charge in [0.15, 0.2) is 5.82 Å². The number of nitrogens with one attached hydrogen (secondary N) is 1. The number of aryl methyl sites for hydroxylation is 1. The van der Waals surface area contributed by atoms with Gasteiger partial charge in [0.05, 0.1) is 17.6 Å². The lowest BCUT2D eigenvalue weighted by atomic mass is 10.1. The van der Waals surface area contributed by atoms with Crippen molar-refractivity contribution < 1.29 is 9.59 Å². The number of hydrogen-bond donors (Lipinski definition) is 1. The first-order chi connectivity index (χ1) is 9.63. The quantitative estimate of drug-likeness (QED) is 0.838. The van der Waals surface area contributed by atoms with Gasteiger partial charge in [-0.3, -0.25) is 9.59 Å². The first kappa shape index (κ1) is 14.2. The van der Waals surface area contributed by atoms with Gasteiger partial charge in [-0.1, -0.05) is 0 Å². The highest BCUT2D eigenvalue weighted by molar-refractivity contribution is 5.93. The molecule has 106 valence electrons. The first-order valence-electron chi connectivity index (χ1n) is 6.76. The van der Waals surface area contributed by atoms with Gasteiger partial charge in [-0.25, -0.2) is 9.97 Å². The summed E-state index contributed by atoms with van der Waals surface area (Å²) in [7, 11) is 0. The van der Waals surface area contributed by atoms with E-state index in [1.807, 2.05) is 13.8 Å². The maximum Gasteiger partial charge on any atom is 0.246 e. The van der Waals surface area contributed by atoms with Crippen molar-refractivity contribution in [1.82, 2.24) is 14.9 Å². The Balaban J connectivity index is 2.11. The average molecular weight is 274 g/mol. The normalized spacial score (nSPS) is 14.0. The zero-order chi connectivity index (χ0) is 14.5. The predicted octanol–water partition coefficient (Wildman–Crippen LogP) is 1.24. The highest BCUT2D eigenvalue weighted by Crippen LogP contribution is 2.18. The summed E-state index contributed by atoms with van der Waals surface area (Å²) in [6.07, 6.45) is 5.72. The Labute approximate surface area is 117 Å². The molecule has 2 amide bonds. The molecule has 1 aliphatic heterocycles. The summed E-state index contributed by atoms with van der Waals surface area (Å²) in [4.78, 5) is 33.4. The van der Waals surface area contributed by atoms with Crippen LogP contribution in [0.5, 0.6) is 0 Å². The molecule has 1 aromatic heterocycles. The van der Waals surface area contributed by atoms with E-state index in [0.29, 0.717) is 37.4 Å². The molecule has 20 heavy (non-hydrogen) atoms. The molecular formula is C14H18N4O2. The van der Waals surface area contributed by atoms with E-state index >= 15 is 0 Å². The van der Waals surface area contributed by atoms with Gasteiger partial charge in [-0.05, 0) is 19.9 Å². The van der Waals surface area contributed by atoms with E-state index in [-0.39, 0.29) is 11.8 Å². The van der Waals surface area contributed by atoms with Crippen LogP contribution in [-0.2, 0) is 16.0 Å². The van der Waals surface area contributed by atoms with E-state index in [2.05, 4.69) is 15.3 Å². The third-order valence-corrected chi connectivity index (χ3v) is 3.18. The van der Waals surface area contributed by atoms with Crippen LogP contribution < -0.4 is 5.32 Å². The van der Waals surface area contributed by atoms with Gasteiger partial charge in [0.1, 0.15) is 0 Å². The van der Waals surface area contributed by atoms with Crippen molar-refractivity contribution in [3.63, 3.8) is 0 Å². The molecule has 2 rings (SSSR count). The lowest BCUT2D eigenvalue weighted by Crippen LogP contribution is -2.28. The lowest BCUT2D eigenvalue weighted by molar-refractivity contribution is -0.125. The molecular weight excluding hydrogens is 256 g/mol. The van der Waals surface area contributed by atoms with Gasteiger partial charge < -0.3 is 10.2 Å². The Kier molecular flexibility index (Phi) is 4.45. The molecule has 0 saturated carbocycles. The van der Waals surface area contributed by atoms with Crippen LogP contribution in [0.3, 0.4) is 0 Å². The van der Waals surface area contributed by atoms with Crippen LogP contribution in [0.25, 0.3) is 6.08 Å². The number of aromatic nitrogens is 2. The van der Waals surface area contributed by atoms with Crippen LogP contribution in [0.15, 0.2) is 12.3 Å². The molecule has 0 aliphatic carbocycles. The van der Waals surface area contributed by atoms with Gasteiger partial charge >= 0.3 is 0 Å². The Morgan fingerprint density at radius 2 is 2.15 bits per heavy atom. The minimum absolute atomic E-state index is 0.0354. The third kappa shape index (κ3) is 3.20. The standard InChI is InChI=1S/C14H18N4O2/c1-3-18(4-2)13(20)8-5-10-9-15-14-11(16-10)6-7-12(19)17-14/h5,8-9H,3-4,6-7H2,1-2H3,(H,15,17,19)/b8-5+. The van der Waals surface area contributed by atoms with Crippen molar-refractivity contribution >= 4 is 23.7 Å². The summed E-state index contributed by atoms with van der Waals surface area (Å²) in [5.41, 5.74) is 1.39. The van der Waals surface area contributed by atoms with E-state index in [9.17, 15) is 9.59 Å². The number of carbonyl (C=O) groups excluding carboxylic acids is 2. The monoisotopic (exact) mass is 274 g/mol. The molecule has 0 radical (unpaired) electrons. The molecule has 0 atom stereocenters. The summed E-state index contributed by atoms with van der Waals surface area (Å²) < 4.78 is 0. The summed E-state index contributed by atoms with van der Waals surface area (Å²) in [6.45, 7) is 5.25. The maximum atomic E-state index is 11.8. The Hall–Kier alpha value is -2.24. The summed E-state index contributed by atoms with van der Waals surface area (Å²) in [5, 5.41) is 2.68. The molecule has 1 aliphatic rings. The second-order valence-electron chi connectivity index (χ2n) is 4.48. The van der Waals surface area contributed by atoms with Crippen molar-refractivity contribution in [3.8, 4) is 0 Å². The number of anilines is 1. The van der Waals surface area contributed by atoms with Gasteiger partial charge in [-0.15, -0.1) is 0 Å². The predicted molar refractivity (Wildman–Crippen MR) is 75.9 cm³/mol. The fraction of sp³-hybridized carbons (Fsp3) is 0.429. The minimum Gasteiger partial charge on any atom is -0.340 e. The van der Waals surface area contributed by atoms with E-state index in [1.165, 1.54) is 6.08 Å². The fourth-order valence-corrected chi connectivity index (χ4v) is 2.03. The van der Waals surface area contributed by atoms with Gasteiger partial charge in [0.2, 0.25) is 11.8 Å². The second-order valence-corrected chi connectivity index (χ2v) is 4.48. The van der Waals surface area contributed by atoms with E-state index in [0.717, 1.165) is 5.69 Å². The van der Waals surface area contributed by atoms with Gasteiger partial charge in [0, 0.05) is 32.0 Å². The molecule has 0 unspecified atom stereocenters. The molecule has 6 heteroatoms. The van der Waals surface area contributed by atoms with Crippen molar-refractivity contribution in [3.05, 3.63) is 23.7 Å². The van der Waals surface area contributed by atoms with Crippen molar-refractivity contribution in [2.75, 3.05) is 18.4 Å². The molecule has 1 N–H and O–H groups in total. The largest absolute Gasteiger partial charge is 0.340 e. The Bertz CT molecular complexity index is 550. The topological polar surface area (TPSA) is 75.2 Å². The SMILES string of the molecule is CCN(CC)C(=O)/C=C/c1cnc2c(n1)CCC(=O)N2. The van der Waals surface area contributed by atoms with Crippen molar-refractivity contribution in [2.24, 2.45) is 0 Å². The number of hydrogen-bond acceptors (Lipinski definition) is 4. The van der Waals surface area contributed by atoms with Crippen LogP contribution in [0.4, 0.5) is 5.82 Å². The molecule has 0 fully saturated rings. The molecule has 0 saturated heterocycles.